The van der Waals surface area contributed by atoms with Crippen LogP contribution in [0, 0.1) is 19.3 Å². The van der Waals surface area contributed by atoms with Crippen LogP contribution in [0.15, 0.2) is 24.5 Å². The van der Waals surface area contributed by atoms with Crippen LogP contribution in [0.25, 0.3) is 5.69 Å². The van der Waals surface area contributed by atoms with Gasteiger partial charge in [0, 0.05) is 5.69 Å². The first-order valence-corrected chi connectivity index (χ1v) is 8.00. The first-order chi connectivity index (χ1) is 13.0. The number of hydrogen-bond acceptors (Lipinski definition) is 7. The number of hydrogen-bond donors (Lipinski definition) is 1. The quantitative estimate of drug-likeness (QED) is 0.521. The lowest BCUT2D eigenvalue weighted by molar-refractivity contribution is -0.143. The Morgan fingerprint density at radius 1 is 1.37 bits per heavy atom. The molecular formula is C17H18N6O4. The third-order valence-electron chi connectivity index (χ3n) is 3.49. The smallest absolute Gasteiger partial charge is 0.325 e. The maximum Gasteiger partial charge on any atom is 0.325 e. The van der Waals surface area contributed by atoms with Crippen molar-refractivity contribution in [2.75, 3.05) is 24.6 Å². The third kappa shape index (κ3) is 5.12. The molecule has 0 atom stereocenters. The van der Waals surface area contributed by atoms with E-state index >= 15 is 0 Å². The normalized spacial score (nSPS) is 9.96. The van der Waals surface area contributed by atoms with Crippen LogP contribution in [0.5, 0.6) is 0 Å². The fourth-order valence-corrected chi connectivity index (χ4v) is 2.28. The summed E-state index contributed by atoms with van der Waals surface area (Å²) in [6, 6.07) is 5.01. The van der Waals surface area contributed by atoms with Gasteiger partial charge in [-0.15, -0.1) is 11.5 Å². The second kappa shape index (κ2) is 9.10. The molecule has 1 heterocycles. The molecule has 1 N–H and O–H groups in total. The molecule has 0 aliphatic rings. The molecule has 140 valence electrons. The monoisotopic (exact) mass is 370 g/mol. The summed E-state index contributed by atoms with van der Waals surface area (Å²) in [5, 5.41) is 13.4. The van der Waals surface area contributed by atoms with E-state index in [0.717, 1.165) is 10.5 Å². The van der Waals surface area contributed by atoms with Gasteiger partial charge in [-0.1, -0.05) is 0 Å². The molecule has 27 heavy (non-hydrogen) atoms. The van der Waals surface area contributed by atoms with Crippen LogP contribution in [0.1, 0.15) is 12.5 Å². The lowest BCUT2D eigenvalue weighted by Gasteiger charge is -2.21. The Balaban J connectivity index is 2.16. The molecule has 2 rings (SSSR count). The number of rotatable bonds is 7. The lowest BCUT2D eigenvalue weighted by atomic mass is 10.1. The largest absolute Gasteiger partial charge is 0.465 e. The predicted molar refractivity (Wildman–Crippen MR) is 94.7 cm³/mol. The Morgan fingerprint density at radius 3 is 2.74 bits per heavy atom. The molecule has 0 unspecified atom stereocenters. The van der Waals surface area contributed by atoms with Gasteiger partial charge in [0.25, 0.3) is 0 Å². The number of ether oxygens (including phenoxy) is 1. The summed E-state index contributed by atoms with van der Waals surface area (Å²) in [7, 11) is 0. The van der Waals surface area contributed by atoms with Gasteiger partial charge < -0.3 is 10.1 Å². The number of aryl methyl sites for hydroxylation is 1. The summed E-state index contributed by atoms with van der Waals surface area (Å²) >= 11 is 0. The Bertz CT molecular complexity index is 872. The van der Waals surface area contributed by atoms with E-state index in [2.05, 4.69) is 20.8 Å². The number of anilines is 1. The van der Waals surface area contributed by atoms with Crippen LogP contribution in [-0.2, 0) is 19.1 Å². The van der Waals surface area contributed by atoms with Crippen LogP contribution in [0.4, 0.5) is 5.69 Å². The maximum atomic E-state index is 12.1. The summed E-state index contributed by atoms with van der Waals surface area (Å²) in [4.78, 5) is 36.6. The van der Waals surface area contributed by atoms with Crippen molar-refractivity contribution in [3.8, 4) is 18.0 Å². The molecule has 1 aromatic heterocycles. The van der Waals surface area contributed by atoms with E-state index < -0.39 is 17.8 Å². The van der Waals surface area contributed by atoms with Crippen molar-refractivity contribution >= 4 is 23.5 Å². The molecule has 1 aromatic carbocycles. The molecule has 0 saturated heterocycles. The van der Waals surface area contributed by atoms with Crippen molar-refractivity contribution in [2.45, 2.75) is 13.8 Å². The number of tetrazole rings is 1. The summed E-state index contributed by atoms with van der Waals surface area (Å²) < 4.78 is 6.20. The number of nitrogens with one attached hydrogen (secondary N) is 1. The zero-order valence-corrected chi connectivity index (χ0v) is 14.9. The molecule has 2 amide bonds. The van der Waals surface area contributed by atoms with Crippen molar-refractivity contribution in [1.29, 1.82) is 0 Å². The number of carbonyl (C=O) groups is 3. The average molecular weight is 370 g/mol. The number of aromatic nitrogens is 4. The number of nitrogens with zero attached hydrogens (tertiary/aromatic N) is 5. The van der Waals surface area contributed by atoms with Gasteiger partial charge in [0.05, 0.1) is 12.3 Å². The van der Waals surface area contributed by atoms with E-state index in [0.29, 0.717) is 11.4 Å². The molecular weight excluding hydrogens is 352 g/mol. The highest BCUT2D eigenvalue weighted by Crippen LogP contribution is 2.21. The van der Waals surface area contributed by atoms with Crippen LogP contribution >= 0.6 is 0 Å². The third-order valence-corrected chi connectivity index (χ3v) is 3.49. The fraction of sp³-hybridized carbons (Fsp3) is 0.294. The van der Waals surface area contributed by atoms with E-state index in [1.165, 1.54) is 11.0 Å². The van der Waals surface area contributed by atoms with Crippen molar-refractivity contribution in [1.82, 2.24) is 25.5 Å². The SMILES string of the molecule is C#CC(=O)N(CC(=O)NCC(=O)OCC)c1ccc(-n2cnnn2)c(C)c1. The minimum atomic E-state index is -0.684. The Morgan fingerprint density at radius 2 is 2.15 bits per heavy atom. The number of esters is 1. The molecule has 0 spiro atoms. The molecule has 2 aromatic rings. The van der Waals surface area contributed by atoms with Gasteiger partial charge in [-0.3, -0.25) is 19.3 Å². The van der Waals surface area contributed by atoms with E-state index in [1.54, 1.807) is 32.0 Å². The molecule has 0 fully saturated rings. The zero-order chi connectivity index (χ0) is 19.8. The first-order valence-electron chi connectivity index (χ1n) is 8.00. The van der Waals surface area contributed by atoms with Gasteiger partial charge >= 0.3 is 11.9 Å². The van der Waals surface area contributed by atoms with Crippen molar-refractivity contribution < 1.29 is 19.1 Å². The second-order valence-corrected chi connectivity index (χ2v) is 5.34. The predicted octanol–water partition coefficient (Wildman–Crippen LogP) is -0.384. The molecule has 0 saturated carbocycles. The maximum absolute atomic E-state index is 12.1. The number of terminal acetylenes is 1. The van der Waals surface area contributed by atoms with E-state index in [4.69, 9.17) is 11.2 Å². The zero-order valence-electron chi connectivity index (χ0n) is 14.9. The van der Waals surface area contributed by atoms with E-state index in [1.807, 2.05) is 5.92 Å². The standard InChI is InChI=1S/C17H18N6O4/c1-4-16(25)22(10-15(24)18-9-17(26)27-5-2)13-6-7-14(12(3)8-13)23-11-19-20-21-23/h1,6-8,11H,5,9-10H2,2-3H3,(H,18,24). The van der Waals surface area contributed by atoms with Gasteiger partial charge in [-0.2, -0.15) is 0 Å². The van der Waals surface area contributed by atoms with Gasteiger partial charge in [0.15, 0.2) is 0 Å². The number of carbonyl (C=O) groups excluding carboxylic acids is 3. The fourth-order valence-electron chi connectivity index (χ4n) is 2.28. The highest BCUT2D eigenvalue weighted by Gasteiger charge is 2.19. The minimum Gasteiger partial charge on any atom is -0.465 e. The topological polar surface area (TPSA) is 119 Å². The van der Waals surface area contributed by atoms with Gasteiger partial charge in [0.2, 0.25) is 5.91 Å². The van der Waals surface area contributed by atoms with Crippen molar-refractivity contribution in [3.63, 3.8) is 0 Å². The first kappa shape index (κ1) is 19.6. The molecule has 0 aliphatic heterocycles. The number of amides is 2. The van der Waals surface area contributed by atoms with Crippen molar-refractivity contribution in [2.24, 2.45) is 0 Å². The highest BCUT2D eigenvalue weighted by molar-refractivity contribution is 6.08. The molecule has 0 bridgehead atoms. The van der Waals surface area contributed by atoms with Crippen LogP contribution in [0.3, 0.4) is 0 Å². The summed E-state index contributed by atoms with van der Waals surface area (Å²) in [5.74, 6) is 0.194. The molecule has 0 aliphatic carbocycles. The Kier molecular flexibility index (Phi) is 6.60. The highest BCUT2D eigenvalue weighted by atomic mass is 16.5. The summed E-state index contributed by atoms with van der Waals surface area (Å²) in [5.41, 5.74) is 1.91. The minimum absolute atomic E-state index is 0.212. The van der Waals surface area contributed by atoms with Gasteiger partial charge in [0.1, 0.15) is 19.4 Å². The van der Waals surface area contributed by atoms with Gasteiger partial charge in [-0.05, 0) is 54.0 Å². The second-order valence-electron chi connectivity index (χ2n) is 5.34. The van der Waals surface area contributed by atoms with Crippen LogP contribution in [-0.4, -0.2) is 57.7 Å². The molecule has 10 heteroatoms. The molecule has 10 nitrogen and oxygen atoms in total. The lowest BCUT2D eigenvalue weighted by Crippen LogP contribution is -2.42. The van der Waals surface area contributed by atoms with Crippen molar-refractivity contribution in [3.05, 3.63) is 30.1 Å². The Labute approximate surface area is 155 Å². The molecule has 0 radical (unpaired) electrons. The van der Waals surface area contributed by atoms with E-state index in [9.17, 15) is 14.4 Å². The Hall–Kier alpha value is -3.74. The summed E-state index contributed by atoms with van der Waals surface area (Å²) in [6.45, 7) is 3.05. The summed E-state index contributed by atoms with van der Waals surface area (Å²) in [6.07, 6.45) is 6.65. The average Bonchev–Trinajstić information content (AvgIpc) is 3.18. The van der Waals surface area contributed by atoms with Gasteiger partial charge in [-0.25, -0.2) is 4.68 Å². The van der Waals surface area contributed by atoms with Crippen LogP contribution in [0.2, 0.25) is 0 Å². The number of benzene rings is 1. The van der Waals surface area contributed by atoms with E-state index in [-0.39, 0.29) is 19.7 Å². The van der Waals surface area contributed by atoms with Crippen LogP contribution < -0.4 is 10.2 Å².